The summed E-state index contributed by atoms with van der Waals surface area (Å²) in [6.07, 6.45) is 3.74. The van der Waals surface area contributed by atoms with Crippen molar-refractivity contribution in [2.24, 2.45) is 11.7 Å². The van der Waals surface area contributed by atoms with Gasteiger partial charge in [-0.25, -0.2) is 0 Å². The van der Waals surface area contributed by atoms with Gasteiger partial charge in [0.2, 0.25) is 0 Å². The van der Waals surface area contributed by atoms with Crippen molar-refractivity contribution in [2.75, 3.05) is 19.6 Å². The molecule has 2 nitrogen and oxygen atoms in total. The monoisotopic (exact) mass is 282 g/mol. The molecule has 1 fully saturated rings. The zero-order valence-corrected chi connectivity index (χ0v) is 13.0. The summed E-state index contributed by atoms with van der Waals surface area (Å²) in [5, 5.41) is 2.74. The van der Waals surface area contributed by atoms with Gasteiger partial charge >= 0.3 is 0 Å². The van der Waals surface area contributed by atoms with Gasteiger partial charge in [0.05, 0.1) is 0 Å². The number of benzene rings is 2. The zero-order chi connectivity index (χ0) is 14.7. The number of hydrogen-bond acceptors (Lipinski definition) is 2. The summed E-state index contributed by atoms with van der Waals surface area (Å²) in [5.74, 6) is 0.580. The second kappa shape index (κ2) is 6.59. The molecule has 2 heteroatoms. The minimum atomic E-state index is 0.481. The second-order valence-electron chi connectivity index (χ2n) is 6.19. The molecule has 2 N–H and O–H groups in total. The Labute approximate surface area is 127 Å². The second-order valence-corrected chi connectivity index (χ2v) is 6.19. The lowest BCUT2D eigenvalue weighted by Gasteiger charge is -2.41. The van der Waals surface area contributed by atoms with Crippen molar-refractivity contribution < 1.29 is 0 Å². The van der Waals surface area contributed by atoms with E-state index in [1.807, 2.05) is 0 Å². The fraction of sp³-hybridized carbons (Fsp3) is 0.474. The third kappa shape index (κ3) is 2.83. The van der Waals surface area contributed by atoms with Gasteiger partial charge in [0.1, 0.15) is 0 Å². The van der Waals surface area contributed by atoms with E-state index in [2.05, 4.69) is 54.3 Å². The molecule has 2 aromatic rings. The molecule has 0 radical (unpaired) electrons. The lowest BCUT2D eigenvalue weighted by molar-refractivity contribution is 0.0970. The van der Waals surface area contributed by atoms with Crippen molar-refractivity contribution in [3.05, 3.63) is 48.0 Å². The molecule has 1 aliphatic rings. The third-order valence-corrected chi connectivity index (χ3v) is 4.82. The Bertz CT molecular complexity index is 586. The topological polar surface area (TPSA) is 29.3 Å². The summed E-state index contributed by atoms with van der Waals surface area (Å²) >= 11 is 0. The summed E-state index contributed by atoms with van der Waals surface area (Å²) in [7, 11) is 0. The van der Waals surface area contributed by atoms with Gasteiger partial charge in [0.25, 0.3) is 0 Å². The van der Waals surface area contributed by atoms with Gasteiger partial charge in [-0.05, 0) is 61.2 Å². The Balaban J connectivity index is 2.07. The van der Waals surface area contributed by atoms with E-state index >= 15 is 0 Å². The summed E-state index contributed by atoms with van der Waals surface area (Å²) in [5.41, 5.74) is 7.58. The third-order valence-electron chi connectivity index (χ3n) is 4.82. The molecule has 1 saturated heterocycles. The molecular formula is C19H26N2. The van der Waals surface area contributed by atoms with Gasteiger partial charge in [0, 0.05) is 6.04 Å². The zero-order valence-electron chi connectivity index (χ0n) is 13.0. The Kier molecular flexibility index (Phi) is 4.57. The molecule has 0 aromatic heterocycles. The summed E-state index contributed by atoms with van der Waals surface area (Å²) in [6, 6.07) is 15.9. The molecule has 0 spiro atoms. The summed E-state index contributed by atoms with van der Waals surface area (Å²) in [6.45, 7) is 5.43. The van der Waals surface area contributed by atoms with E-state index in [9.17, 15) is 0 Å². The largest absolute Gasteiger partial charge is 0.330 e. The van der Waals surface area contributed by atoms with Crippen LogP contribution in [0.2, 0.25) is 0 Å². The smallest absolute Gasteiger partial charge is 0.0394 e. The fourth-order valence-electron chi connectivity index (χ4n) is 3.90. The average Bonchev–Trinajstić information content (AvgIpc) is 2.54. The van der Waals surface area contributed by atoms with Crippen LogP contribution in [0.15, 0.2) is 42.5 Å². The average molecular weight is 282 g/mol. The highest BCUT2D eigenvalue weighted by Gasteiger charge is 2.32. The highest BCUT2D eigenvalue weighted by molar-refractivity contribution is 5.86. The minimum Gasteiger partial charge on any atom is -0.330 e. The Morgan fingerprint density at radius 3 is 2.76 bits per heavy atom. The first-order chi connectivity index (χ1) is 10.3. The standard InChI is InChI=1S/C19H26N2/c1-2-12-21-13-6-9-16(14-20)19(21)18-11-5-8-15-7-3-4-10-17(15)18/h3-5,7-8,10-11,16,19H,2,6,9,12-14,20H2,1H3. The van der Waals surface area contributed by atoms with E-state index < -0.39 is 0 Å². The van der Waals surface area contributed by atoms with Crippen LogP contribution in [0.5, 0.6) is 0 Å². The molecule has 0 saturated carbocycles. The SMILES string of the molecule is CCCN1CCCC(CN)C1c1cccc2ccccc12. The van der Waals surface area contributed by atoms with Crippen molar-refractivity contribution in [1.29, 1.82) is 0 Å². The molecule has 2 aromatic carbocycles. The first kappa shape index (κ1) is 14.6. The number of nitrogens with two attached hydrogens (primary N) is 1. The van der Waals surface area contributed by atoms with Crippen molar-refractivity contribution in [3.8, 4) is 0 Å². The van der Waals surface area contributed by atoms with E-state index in [1.54, 1.807) is 0 Å². The molecule has 112 valence electrons. The van der Waals surface area contributed by atoms with Crippen LogP contribution >= 0.6 is 0 Å². The molecular weight excluding hydrogens is 256 g/mol. The lowest BCUT2D eigenvalue weighted by Crippen LogP contribution is -2.42. The van der Waals surface area contributed by atoms with Gasteiger partial charge in [0.15, 0.2) is 0 Å². The van der Waals surface area contributed by atoms with Gasteiger partial charge < -0.3 is 5.73 Å². The number of hydrogen-bond donors (Lipinski definition) is 1. The van der Waals surface area contributed by atoms with E-state index in [1.165, 1.54) is 48.7 Å². The number of likely N-dealkylation sites (tertiary alicyclic amines) is 1. The molecule has 2 atom stereocenters. The highest BCUT2D eigenvalue weighted by Crippen LogP contribution is 2.38. The van der Waals surface area contributed by atoms with Crippen LogP contribution < -0.4 is 5.73 Å². The quantitative estimate of drug-likeness (QED) is 0.919. The van der Waals surface area contributed by atoms with E-state index in [0.29, 0.717) is 12.0 Å². The lowest BCUT2D eigenvalue weighted by atomic mass is 9.82. The predicted molar refractivity (Wildman–Crippen MR) is 90.3 cm³/mol. The van der Waals surface area contributed by atoms with Crippen LogP contribution in [0.1, 0.15) is 37.8 Å². The first-order valence-electron chi connectivity index (χ1n) is 8.27. The molecule has 1 aliphatic heterocycles. The summed E-state index contributed by atoms with van der Waals surface area (Å²) in [4.78, 5) is 2.66. The van der Waals surface area contributed by atoms with Crippen molar-refractivity contribution in [3.63, 3.8) is 0 Å². The van der Waals surface area contributed by atoms with E-state index in [0.717, 1.165) is 6.54 Å². The molecule has 2 unspecified atom stereocenters. The Morgan fingerprint density at radius 1 is 1.14 bits per heavy atom. The van der Waals surface area contributed by atoms with Gasteiger partial charge in [-0.1, -0.05) is 49.4 Å². The molecule has 0 aliphatic carbocycles. The Hall–Kier alpha value is -1.38. The maximum atomic E-state index is 6.11. The number of rotatable bonds is 4. The number of piperidine rings is 1. The molecule has 21 heavy (non-hydrogen) atoms. The summed E-state index contributed by atoms with van der Waals surface area (Å²) < 4.78 is 0. The first-order valence-corrected chi connectivity index (χ1v) is 8.27. The van der Waals surface area contributed by atoms with Crippen LogP contribution in [-0.2, 0) is 0 Å². The van der Waals surface area contributed by atoms with E-state index in [4.69, 9.17) is 5.73 Å². The maximum absolute atomic E-state index is 6.11. The van der Waals surface area contributed by atoms with E-state index in [-0.39, 0.29) is 0 Å². The fourth-order valence-corrected chi connectivity index (χ4v) is 3.90. The van der Waals surface area contributed by atoms with Crippen LogP contribution in [0, 0.1) is 5.92 Å². The Morgan fingerprint density at radius 2 is 1.95 bits per heavy atom. The van der Waals surface area contributed by atoms with Gasteiger partial charge in [-0.15, -0.1) is 0 Å². The maximum Gasteiger partial charge on any atom is 0.0394 e. The highest BCUT2D eigenvalue weighted by atomic mass is 15.2. The van der Waals surface area contributed by atoms with Crippen molar-refractivity contribution >= 4 is 10.8 Å². The van der Waals surface area contributed by atoms with Crippen LogP contribution in [0.3, 0.4) is 0 Å². The predicted octanol–water partition coefficient (Wildman–Crippen LogP) is 3.96. The van der Waals surface area contributed by atoms with Crippen molar-refractivity contribution in [2.45, 2.75) is 32.2 Å². The number of fused-ring (bicyclic) bond motifs is 1. The van der Waals surface area contributed by atoms with Crippen LogP contribution in [0.4, 0.5) is 0 Å². The number of nitrogens with zero attached hydrogens (tertiary/aromatic N) is 1. The van der Waals surface area contributed by atoms with Crippen molar-refractivity contribution in [1.82, 2.24) is 4.90 Å². The van der Waals surface area contributed by atoms with Gasteiger partial charge in [-0.3, -0.25) is 4.90 Å². The molecule has 0 amide bonds. The van der Waals surface area contributed by atoms with Gasteiger partial charge in [-0.2, -0.15) is 0 Å². The molecule has 0 bridgehead atoms. The van der Waals surface area contributed by atoms with Crippen LogP contribution in [0.25, 0.3) is 10.8 Å². The van der Waals surface area contributed by atoms with Crippen LogP contribution in [-0.4, -0.2) is 24.5 Å². The molecule has 1 heterocycles. The minimum absolute atomic E-state index is 0.481. The normalized spacial score (nSPS) is 23.5. The molecule has 3 rings (SSSR count).